The van der Waals surface area contributed by atoms with Crippen molar-refractivity contribution in [2.75, 3.05) is 33.4 Å². The Morgan fingerprint density at radius 3 is 2.62 bits per heavy atom. The van der Waals surface area contributed by atoms with Crippen LogP contribution in [0, 0.1) is 11.8 Å². The predicted octanol–water partition coefficient (Wildman–Crippen LogP) is 2.30. The number of aromatic nitrogens is 3. The summed E-state index contributed by atoms with van der Waals surface area (Å²) in [5.74, 6) is -3.78. The van der Waals surface area contributed by atoms with Crippen molar-refractivity contribution in [1.82, 2.24) is 30.1 Å². The Hall–Kier alpha value is -4.92. The fourth-order valence-electron chi connectivity index (χ4n) is 8.06. The molecule has 1 aromatic heterocycles. The third-order valence-corrected chi connectivity index (χ3v) is 10.4. The fraction of sp³-hybridized carbons (Fsp3) is 0.474. The van der Waals surface area contributed by atoms with Gasteiger partial charge in [-0.1, -0.05) is 72.0 Å². The van der Waals surface area contributed by atoms with Gasteiger partial charge in [-0.05, 0) is 43.4 Å². The molecule has 2 saturated heterocycles. The topological polar surface area (TPSA) is 165 Å². The SMILES string of the molecule is COC[C@H]1NC(=O)CC/C=C\[C@H]2O[C@]34C=CCN(Cn5nnc6ccccc65)C(=O)[C@H]3N(CCCCCO)C(=O)[C@@H]4[C@H]2C(=O)O[C@@H]1c1ccccc1. The van der Waals surface area contributed by atoms with Crippen molar-refractivity contribution in [2.24, 2.45) is 11.8 Å². The van der Waals surface area contributed by atoms with Crippen LogP contribution in [0.4, 0.5) is 0 Å². The molecule has 0 bridgehead atoms. The number of likely N-dealkylation sites (tertiary alicyclic amines) is 1. The van der Waals surface area contributed by atoms with Crippen LogP contribution in [-0.2, 0) is 40.1 Å². The summed E-state index contributed by atoms with van der Waals surface area (Å²) in [7, 11) is 1.51. The van der Waals surface area contributed by atoms with Crippen LogP contribution in [0.25, 0.3) is 11.0 Å². The molecule has 0 radical (unpaired) electrons. The molecule has 14 nitrogen and oxygen atoms in total. The Bertz CT molecular complexity index is 1850. The molecule has 52 heavy (non-hydrogen) atoms. The van der Waals surface area contributed by atoms with E-state index < -0.39 is 47.7 Å². The molecule has 5 heterocycles. The van der Waals surface area contributed by atoms with E-state index >= 15 is 0 Å². The maximum absolute atomic E-state index is 14.8. The summed E-state index contributed by atoms with van der Waals surface area (Å²) in [6.45, 7) is 0.628. The van der Waals surface area contributed by atoms with E-state index in [1.165, 1.54) is 7.11 Å². The van der Waals surface area contributed by atoms with Crippen LogP contribution in [0.1, 0.15) is 43.8 Å². The second-order valence-corrected chi connectivity index (χ2v) is 13.7. The van der Waals surface area contributed by atoms with Crippen LogP contribution in [0.5, 0.6) is 0 Å². The smallest absolute Gasteiger partial charge is 0.313 e. The lowest BCUT2D eigenvalue weighted by atomic mass is 9.77. The van der Waals surface area contributed by atoms with E-state index in [1.54, 1.807) is 32.7 Å². The number of para-hydroxylation sites is 1. The number of fused-ring (bicyclic) bond motifs is 3. The summed E-state index contributed by atoms with van der Waals surface area (Å²) >= 11 is 0. The van der Waals surface area contributed by atoms with Crippen molar-refractivity contribution in [3.8, 4) is 0 Å². The van der Waals surface area contributed by atoms with Crippen LogP contribution in [0.2, 0.25) is 0 Å². The first kappa shape index (κ1) is 35.5. The third kappa shape index (κ3) is 6.61. The van der Waals surface area contributed by atoms with Gasteiger partial charge >= 0.3 is 5.97 Å². The Balaban J connectivity index is 1.27. The second-order valence-electron chi connectivity index (χ2n) is 13.7. The highest BCUT2D eigenvalue weighted by Crippen LogP contribution is 2.53. The van der Waals surface area contributed by atoms with Gasteiger partial charge in [0, 0.05) is 33.2 Å². The molecular formula is C38H44N6O8. The highest BCUT2D eigenvalue weighted by atomic mass is 16.6. The van der Waals surface area contributed by atoms with Crippen molar-refractivity contribution < 1.29 is 38.5 Å². The van der Waals surface area contributed by atoms with E-state index in [0.29, 0.717) is 36.8 Å². The molecule has 3 amide bonds. The summed E-state index contributed by atoms with van der Waals surface area (Å²) in [4.78, 5) is 60.4. The number of unbranched alkanes of at least 4 members (excludes halogenated alkanes) is 2. The van der Waals surface area contributed by atoms with Crippen LogP contribution in [0.15, 0.2) is 78.9 Å². The Kier molecular flexibility index (Phi) is 10.5. The fourth-order valence-corrected chi connectivity index (χ4v) is 8.06. The van der Waals surface area contributed by atoms with E-state index in [9.17, 15) is 24.3 Å². The lowest BCUT2D eigenvalue weighted by Crippen LogP contribution is -2.55. The molecule has 2 N–H and O–H groups in total. The predicted molar refractivity (Wildman–Crippen MR) is 187 cm³/mol. The van der Waals surface area contributed by atoms with Gasteiger partial charge in [-0.2, -0.15) is 0 Å². The minimum Gasteiger partial charge on any atom is -0.455 e. The summed E-state index contributed by atoms with van der Waals surface area (Å²) < 4.78 is 20.3. The largest absolute Gasteiger partial charge is 0.455 e. The summed E-state index contributed by atoms with van der Waals surface area (Å²) in [6, 6.07) is 14.8. The Morgan fingerprint density at radius 2 is 1.81 bits per heavy atom. The maximum Gasteiger partial charge on any atom is 0.313 e. The van der Waals surface area contributed by atoms with E-state index in [4.69, 9.17) is 14.2 Å². The van der Waals surface area contributed by atoms with Crippen LogP contribution in [-0.4, -0.2) is 111 Å². The molecule has 0 aliphatic carbocycles. The first-order valence-corrected chi connectivity index (χ1v) is 17.9. The van der Waals surface area contributed by atoms with Gasteiger partial charge in [0.15, 0.2) is 0 Å². The minimum absolute atomic E-state index is 0.0172. The molecule has 2 fully saturated rings. The molecule has 1 spiro atoms. The molecule has 4 aliphatic rings. The number of amides is 3. The van der Waals surface area contributed by atoms with Crippen LogP contribution >= 0.6 is 0 Å². The van der Waals surface area contributed by atoms with Crippen molar-refractivity contribution in [2.45, 2.75) is 68.7 Å². The Morgan fingerprint density at radius 1 is 1.00 bits per heavy atom. The highest BCUT2D eigenvalue weighted by Gasteiger charge is 2.71. The first-order valence-electron chi connectivity index (χ1n) is 17.9. The van der Waals surface area contributed by atoms with E-state index in [1.807, 2.05) is 60.7 Å². The number of nitrogens with zero attached hydrogens (tertiary/aromatic N) is 5. The Labute approximate surface area is 301 Å². The van der Waals surface area contributed by atoms with E-state index in [0.717, 1.165) is 5.52 Å². The number of nitrogens with one attached hydrogen (secondary N) is 1. The van der Waals surface area contributed by atoms with Gasteiger partial charge in [0.1, 0.15) is 35.9 Å². The molecule has 7 rings (SSSR count). The maximum atomic E-state index is 14.8. The molecular weight excluding hydrogens is 668 g/mol. The van der Waals surface area contributed by atoms with Gasteiger partial charge in [0.05, 0.1) is 30.2 Å². The van der Waals surface area contributed by atoms with Gasteiger partial charge in [-0.3, -0.25) is 19.2 Å². The molecule has 0 saturated carbocycles. The normalized spacial score (nSPS) is 29.8. The molecule has 2 aromatic carbocycles. The number of allylic oxidation sites excluding steroid dienone is 1. The summed E-state index contributed by atoms with van der Waals surface area (Å²) in [5.41, 5.74) is 0.620. The second kappa shape index (κ2) is 15.4. The van der Waals surface area contributed by atoms with Gasteiger partial charge in [-0.25, -0.2) is 4.68 Å². The molecule has 4 aliphatic heterocycles. The zero-order chi connectivity index (χ0) is 36.2. The molecule has 274 valence electrons. The first-order chi connectivity index (χ1) is 25.4. The molecule has 7 atom stereocenters. The van der Waals surface area contributed by atoms with Crippen molar-refractivity contribution >= 4 is 34.7 Å². The number of esters is 1. The van der Waals surface area contributed by atoms with Crippen LogP contribution < -0.4 is 5.32 Å². The lowest BCUT2D eigenvalue weighted by molar-refractivity contribution is -0.162. The number of hydrogen-bond donors (Lipinski definition) is 2. The average molecular weight is 713 g/mol. The van der Waals surface area contributed by atoms with Crippen molar-refractivity contribution in [3.63, 3.8) is 0 Å². The number of methoxy groups -OCH3 is 1. The van der Waals surface area contributed by atoms with E-state index in [2.05, 4.69) is 15.6 Å². The van der Waals surface area contributed by atoms with E-state index in [-0.39, 0.29) is 57.1 Å². The zero-order valence-electron chi connectivity index (χ0n) is 29.1. The van der Waals surface area contributed by atoms with Gasteiger partial charge < -0.3 is 34.4 Å². The summed E-state index contributed by atoms with van der Waals surface area (Å²) in [5, 5.41) is 20.9. The number of rotatable bonds is 10. The highest BCUT2D eigenvalue weighted by molar-refractivity contribution is 5.99. The lowest BCUT2D eigenvalue weighted by Gasteiger charge is -2.35. The standard InChI is InChI=1S/C38H44N6O8/c1-50-23-27-33(25-13-4-2-5-14-25)51-37(49)31-29(17-8-9-18-30(46)39-27)52-38-19-12-20-42(24-44-28-16-7-6-15-26(28)40-41-44)36(48)34(38)43(35(47)32(31)38)21-10-3-11-22-45/h2,4-8,12-17,19,27,29,31-34,45H,3,9-11,18,20-24H2,1H3,(H,39,46)/b17-8-/t27-,29-,31+,32+,33-,34-,38+/m1/s1. The number of cyclic esters (lactones) is 1. The number of hydrogen-bond acceptors (Lipinski definition) is 10. The van der Waals surface area contributed by atoms with Crippen molar-refractivity contribution in [3.05, 3.63) is 84.5 Å². The number of carbonyl (C=O) groups is 4. The van der Waals surface area contributed by atoms with Crippen molar-refractivity contribution in [1.29, 1.82) is 0 Å². The number of ether oxygens (including phenoxy) is 3. The molecule has 0 unspecified atom stereocenters. The molecule has 14 heteroatoms. The minimum atomic E-state index is -1.48. The summed E-state index contributed by atoms with van der Waals surface area (Å²) in [6.07, 6.45) is 7.54. The monoisotopic (exact) mass is 712 g/mol. The third-order valence-electron chi connectivity index (χ3n) is 10.4. The van der Waals surface area contributed by atoms with Gasteiger partial charge in [-0.15, -0.1) is 5.10 Å². The quantitative estimate of drug-likeness (QED) is 0.181. The zero-order valence-corrected chi connectivity index (χ0v) is 29.1. The molecule has 3 aromatic rings. The number of carbonyl (C=O) groups excluding carboxylic acids is 4. The average Bonchev–Trinajstić information content (AvgIpc) is 3.74. The van der Waals surface area contributed by atoms with Gasteiger partial charge in [0.25, 0.3) is 5.91 Å². The van der Waals surface area contributed by atoms with Crippen LogP contribution in [0.3, 0.4) is 0 Å². The van der Waals surface area contributed by atoms with Gasteiger partial charge in [0.2, 0.25) is 11.8 Å². The number of aliphatic hydroxyl groups is 1. The number of aliphatic hydroxyl groups excluding tert-OH is 1. The number of benzene rings is 2.